The van der Waals surface area contributed by atoms with Gasteiger partial charge in [-0.05, 0) is 49.6 Å². The van der Waals surface area contributed by atoms with E-state index in [1.807, 2.05) is 11.3 Å². The number of hydrogen-bond acceptors (Lipinski definition) is 4. The highest BCUT2D eigenvalue weighted by molar-refractivity contribution is 7.99. The molecular weight excluding hydrogens is 260 g/mol. The Kier molecular flexibility index (Phi) is 5.13. The van der Waals surface area contributed by atoms with Crippen molar-refractivity contribution in [3.63, 3.8) is 0 Å². The molecule has 1 aliphatic rings. The highest BCUT2D eigenvalue weighted by atomic mass is 32.2. The smallest absolute Gasteiger partial charge is 0.0353 e. The summed E-state index contributed by atoms with van der Waals surface area (Å²) in [6.45, 7) is 6.44. The Bertz CT molecular complexity index is 343. The summed E-state index contributed by atoms with van der Waals surface area (Å²) in [5.74, 6) is 2.51. The zero-order valence-electron chi connectivity index (χ0n) is 11.4. The molecule has 0 unspecified atom stereocenters. The third-order valence-electron chi connectivity index (χ3n) is 3.94. The van der Waals surface area contributed by atoms with Gasteiger partial charge in [0.05, 0.1) is 0 Å². The quantitative estimate of drug-likeness (QED) is 0.900. The van der Waals surface area contributed by atoms with E-state index >= 15 is 0 Å². The largest absolute Gasteiger partial charge is 0.329 e. The Morgan fingerprint density at radius 2 is 2.11 bits per heavy atom. The first-order chi connectivity index (χ1) is 8.68. The lowest BCUT2D eigenvalue weighted by Gasteiger charge is -2.48. The summed E-state index contributed by atoms with van der Waals surface area (Å²) in [7, 11) is 0. The lowest BCUT2D eigenvalue weighted by atomic mass is 9.88. The van der Waals surface area contributed by atoms with E-state index < -0.39 is 0 Å². The van der Waals surface area contributed by atoms with E-state index in [0.29, 0.717) is 6.04 Å². The predicted molar refractivity (Wildman–Crippen MR) is 83.3 cm³/mol. The molecule has 2 nitrogen and oxygen atoms in total. The Hall–Kier alpha value is -0.0300. The maximum atomic E-state index is 6.16. The zero-order chi connectivity index (χ0) is 13.0. The lowest BCUT2D eigenvalue weighted by Crippen LogP contribution is -2.57. The Balaban J connectivity index is 2.16. The van der Waals surface area contributed by atoms with Crippen LogP contribution in [-0.4, -0.2) is 34.5 Å². The van der Waals surface area contributed by atoms with E-state index in [4.69, 9.17) is 5.73 Å². The molecule has 0 saturated carbocycles. The van der Waals surface area contributed by atoms with Gasteiger partial charge in [-0.15, -0.1) is 11.3 Å². The minimum atomic E-state index is 0.226. The van der Waals surface area contributed by atoms with Crippen LogP contribution in [0.1, 0.15) is 31.6 Å². The average Bonchev–Trinajstić information content (AvgIpc) is 2.89. The van der Waals surface area contributed by atoms with Gasteiger partial charge in [0, 0.05) is 29.5 Å². The van der Waals surface area contributed by atoms with Crippen molar-refractivity contribution in [2.75, 3.05) is 18.1 Å². The summed E-state index contributed by atoms with van der Waals surface area (Å²) < 4.78 is 0. The summed E-state index contributed by atoms with van der Waals surface area (Å²) in [5, 5.41) is 2.17. The van der Waals surface area contributed by atoms with Gasteiger partial charge in [0.15, 0.2) is 0 Å². The molecule has 1 fully saturated rings. The molecule has 1 aromatic rings. The highest BCUT2D eigenvalue weighted by Gasteiger charge is 2.38. The fourth-order valence-electron chi connectivity index (χ4n) is 2.83. The molecule has 0 atom stereocenters. The number of hydrogen-bond donors (Lipinski definition) is 1. The zero-order valence-corrected chi connectivity index (χ0v) is 13.0. The lowest BCUT2D eigenvalue weighted by molar-refractivity contribution is 0.0464. The summed E-state index contributed by atoms with van der Waals surface area (Å²) in [5.41, 5.74) is 6.38. The number of nitrogens with two attached hydrogens (primary N) is 1. The van der Waals surface area contributed by atoms with Crippen LogP contribution < -0.4 is 5.73 Å². The molecule has 0 aromatic carbocycles. The number of rotatable bonds is 5. The molecule has 0 radical (unpaired) electrons. The van der Waals surface area contributed by atoms with Gasteiger partial charge in [-0.3, -0.25) is 4.90 Å². The molecule has 102 valence electrons. The maximum Gasteiger partial charge on any atom is 0.0353 e. The Morgan fingerprint density at radius 3 is 2.61 bits per heavy atom. The molecule has 0 aliphatic carbocycles. The van der Waals surface area contributed by atoms with Crippen LogP contribution >= 0.6 is 23.1 Å². The van der Waals surface area contributed by atoms with Gasteiger partial charge < -0.3 is 5.73 Å². The molecule has 2 rings (SSSR count). The van der Waals surface area contributed by atoms with Crippen molar-refractivity contribution < 1.29 is 0 Å². The molecular formula is C14H24N2S2. The van der Waals surface area contributed by atoms with Gasteiger partial charge >= 0.3 is 0 Å². The van der Waals surface area contributed by atoms with E-state index in [9.17, 15) is 0 Å². The van der Waals surface area contributed by atoms with Crippen LogP contribution in [0.15, 0.2) is 17.5 Å². The minimum Gasteiger partial charge on any atom is -0.329 e. The van der Waals surface area contributed by atoms with Crippen molar-refractivity contribution in [2.24, 2.45) is 5.73 Å². The molecule has 1 aromatic heterocycles. The SMILES string of the molecule is CC(C)N(Cc1cccs1)C1(CN)CCSCC1. The third-order valence-corrected chi connectivity index (χ3v) is 5.79. The van der Waals surface area contributed by atoms with E-state index in [-0.39, 0.29) is 5.54 Å². The first kappa shape index (κ1) is 14.4. The predicted octanol–water partition coefficient (Wildman–Crippen LogP) is 3.18. The average molecular weight is 284 g/mol. The maximum absolute atomic E-state index is 6.16. The number of thioether (sulfide) groups is 1. The van der Waals surface area contributed by atoms with Gasteiger partial charge in [0.2, 0.25) is 0 Å². The number of nitrogens with zero attached hydrogens (tertiary/aromatic N) is 1. The highest BCUT2D eigenvalue weighted by Crippen LogP contribution is 2.34. The van der Waals surface area contributed by atoms with E-state index in [0.717, 1.165) is 13.1 Å². The van der Waals surface area contributed by atoms with Crippen LogP contribution in [0.25, 0.3) is 0 Å². The molecule has 0 spiro atoms. The van der Waals surface area contributed by atoms with Gasteiger partial charge in [-0.2, -0.15) is 11.8 Å². The van der Waals surface area contributed by atoms with Crippen molar-refractivity contribution in [1.29, 1.82) is 0 Å². The van der Waals surface area contributed by atoms with Gasteiger partial charge in [0.25, 0.3) is 0 Å². The van der Waals surface area contributed by atoms with Crippen molar-refractivity contribution in [1.82, 2.24) is 4.90 Å². The monoisotopic (exact) mass is 284 g/mol. The van der Waals surface area contributed by atoms with Crippen molar-refractivity contribution in [3.05, 3.63) is 22.4 Å². The summed E-state index contributed by atoms with van der Waals surface area (Å²) >= 11 is 3.92. The molecule has 18 heavy (non-hydrogen) atoms. The second-order valence-corrected chi connectivity index (χ2v) is 7.60. The fourth-order valence-corrected chi connectivity index (χ4v) is 4.78. The van der Waals surface area contributed by atoms with Crippen LogP contribution in [-0.2, 0) is 6.54 Å². The fraction of sp³-hybridized carbons (Fsp3) is 0.714. The first-order valence-corrected chi connectivity index (χ1v) is 8.78. The molecule has 0 bridgehead atoms. The Morgan fingerprint density at radius 1 is 1.39 bits per heavy atom. The van der Waals surface area contributed by atoms with Crippen LogP contribution in [0.3, 0.4) is 0 Å². The standard InChI is InChI=1S/C14H24N2S2/c1-12(2)16(10-13-4-3-7-18-13)14(11-15)5-8-17-9-6-14/h3-4,7,12H,5-6,8-11,15H2,1-2H3. The summed E-state index contributed by atoms with van der Waals surface area (Å²) in [6, 6.07) is 4.94. The van der Waals surface area contributed by atoms with Gasteiger partial charge in [-0.25, -0.2) is 0 Å². The third kappa shape index (κ3) is 3.10. The van der Waals surface area contributed by atoms with Crippen LogP contribution in [0, 0.1) is 0 Å². The molecule has 4 heteroatoms. The molecule has 0 amide bonds. The van der Waals surface area contributed by atoms with Crippen molar-refractivity contribution >= 4 is 23.1 Å². The van der Waals surface area contributed by atoms with E-state index in [1.54, 1.807) is 0 Å². The normalized spacial score (nSPS) is 19.6. The van der Waals surface area contributed by atoms with Gasteiger partial charge in [-0.1, -0.05) is 6.07 Å². The first-order valence-electron chi connectivity index (χ1n) is 6.75. The molecule has 1 saturated heterocycles. The summed E-state index contributed by atoms with van der Waals surface area (Å²) in [4.78, 5) is 4.09. The second kappa shape index (κ2) is 6.42. The topological polar surface area (TPSA) is 29.3 Å². The van der Waals surface area contributed by atoms with Crippen molar-refractivity contribution in [3.8, 4) is 0 Å². The van der Waals surface area contributed by atoms with Crippen LogP contribution in [0.5, 0.6) is 0 Å². The van der Waals surface area contributed by atoms with E-state index in [2.05, 4.69) is 48.0 Å². The van der Waals surface area contributed by atoms with Gasteiger partial charge in [0.1, 0.15) is 0 Å². The number of thiophene rings is 1. The summed E-state index contributed by atoms with van der Waals surface area (Å²) in [6.07, 6.45) is 2.47. The van der Waals surface area contributed by atoms with Crippen LogP contribution in [0.4, 0.5) is 0 Å². The Labute approximate surface area is 119 Å². The second-order valence-electron chi connectivity index (χ2n) is 5.34. The van der Waals surface area contributed by atoms with Crippen molar-refractivity contribution in [2.45, 2.75) is 44.8 Å². The molecule has 1 aliphatic heterocycles. The van der Waals surface area contributed by atoms with E-state index in [1.165, 1.54) is 29.2 Å². The minimum absolute atomic E-state index is 0.226. The van der Waals surface area contributed by atoms with Crippen LogP contribution in [0.2, 0.25) is 0 Å². The molecule has 2 heterocycles. The molecule has 2 N–H and O–H groups in total.